The Morgan fingerprint density at radius 3 is 2.34 bits per heavy atom. The van der Waals surface area contributed by atoms with E-state index in [1.165, 1.54) is 5.56 Å². The van der Waals surface area contributed by atoms with Gasteiger partial charge in [-0.3, -0.25) is 4.90 Å². The van der Waals surface area contributed by atoms with Gasteiger partial charge in [0.25, 0.3) is 0 Å². The van der Waals surface area contributed by atoms with Gasteiger partial charge in [-0.1, -0.05) is 49.4 Å². The van der Waals surface area contributed by atoms with E-state index in [-0.39, 0.29) is 6.04 Å². The smallest absolute Gasteiger partial charge is 0.173 e. The lowest BCUT2D eigenvalue weighted by molar-refractivity contribution is 0.108. The van der Waals surface area contributed by atoms with Gasteiger partial charge in [-0.2, -0.15) is 0 Å². The van der Waals surface area contributed by atoms with E-state index in [4.69, 9.17) is 4.74 Å². The third kappa shape index (κ3) is 4.46. The molecule has 7 heteroatoms. The number of methoxy groups -OCH3 is 1. The van der Waals surface area contributed by atoms with Gasteiger partial charge in [0, 0.05) is 26.2 Å². The van der Waals surface area contributed by atoms with Crippen molar-refractivity contribution in [3.63, 3.8) is 0 Å². The fraction of sp³-hybridized carbons (Fsp3) is 0.409. The Morgan fingerprint density at radius 2 is 1.69 bits per heavy atom. The van der Waals surface area contributed by atoms with Crippen molar-refractivity contribution in [3.05, 3.63) is 71.5 Å². The predicted molar refractivity (Wildman–Crippen MR) is 112 cm³/mol. The molecule has 1 saturated heterocycles. The van der Waals surface area contributed by atoms with E-state index in [0.29, 0.717) is 6.54 Å². The summed E-state index contributed by atoms with van der Waals surface area (Å²) in [5, 5.41) is 12.8. The molecule has 3 aromatic rings. The second-order valence-electron chi connectivity index (χ2n) is 7.33. The minimum absolute atomic E-state index is 0.0449. The lowest BCUT2D eigenvalue weighted by Gasteiger charge is -2.38. The van der Waals surface area contributed by atoms with Crippen LogP contribution in [0.15, 0.2) is 54.6 Å². The van der Waals surface area contributed by atoms with Gasteiger partial charge in [-0.05, 0) is 40.2 Å². The van der Waals surface area contributed by atoms with E-state index < -0.39 is 0 Å². The molecule has 0 radical (unpaired) electrons. The van der Waals surface area contributed by atoms with Crippen molar-refractivity contribution >= 4 is 0 Å². The van der Waals surface area contributed by atoms with Crippen LogP contribution in [0.4, 0.5) is 0 Å². The molecule has 0 unspecified atom stereocenters. The highest BCUT2D eigenvalue weighted by Gasteiger charge is 2.30. The first-order valence-corrected chi connectivity index (χ1v) is 10.2. The molecule has 2 heterocycles. The zero-order valence-corrected chi connectivity index (χ0v) is 17.1. The monoisotopic (exact) mass is 392 g/mol. The normalized spacial score (nSPS) is 16.6. The highest BCUT2D eigenvalue weighted by molar-refractivity contribution is 5.28. The van der Waals surface area contributed by atoms with Crippen LogP contribution in [-0.4, -0.2) is 69.8 Å². The summed E-state index contributed by atoms with van der Waals surface area (Å²) < 4.78 is 7.19. The van der Waals surface area contributed by atoms with Crippen molar-refractivity contribution in [2.75, 3.05) is 39.8 Å². The molecule has 0 bridgehead atoms. The molecule has 0 aliphatic carbocycles. The maximum atomic E-state index is 5.26. The second-order valence-corrected chi connectivity index (χ2v) is 7.33. The van der Waals surface area contributed by atoms with Gasteiger partial charge in [0.05, 0.1) is 19.7 Å². The van der Waals surface area contributed by atoms with Crippen LogP contribution >= 0.6 is 0 Å². The van der Waals surface area contributed by atoms with Crippen LogP contribution in [0.2, 0.25) is 0 Å². The largest absolute Gasteiger partial charge is 0.497 e. The third-order valence-corrected chi connectivity index (χ3v) is 5.63. The Bertz CT molecular complexity index is 887. The highest BCUT2D eigenvalue weighted by atomic mass is 16.5. The molecule has 1 fully saturated rings. The van der Waals surface area contributed by atoms with Crippen molar-refractivity contribution in [1.82, 2.24) is 30.0 Å². The average molecular weight is 393 g/mol. The predicted octanol–water partition coefficient (Wildman–Crippen LogP) is 2.46. The number of nitrogens with zero attached hydrogens (tertiary/aromatic N) is 6. The lowest BCUT2D eigenvalue weighted by Crippen LogP contribution is -2.48. The number of ether oxygens (including phenoxy) is 1. The lowest BCUT2D eigenvalue weighted by atomic mass is 10.0. The first kappa shape index (κ1) is 19.5. The van der Waals surface area contributed by atoms with Gasteiger partial charge in [-0.15, -0.1) is 5.10 Å². The first-order chi connectivity index (χ1) is 14.3. The van der Waals surface area contributed by atoms with Crippen LogP contribution in [0, 0.1) is 0 Å². The van der Waals surface area contributed by atoms with Gasteiger partial charge < -0.3 is 9.64 Å². The van der Waals surface area contributed by atoms with E-state index >= 15 is 0 Å². The zero-order chi connectivity index (χ0) is 20.1. The number of rotatable bonds is 7. The van der Waals surface area contributed by atoms with Crippen LogP contribution in [0.3, 0.4) is 0 Å². The minimum Gasteiger partial charge on any atom is -0.497 e. The number of hydrogen-bond acceptors (Lipinski definition) is 6. The number of aromatic nitrogens is 4. The maximum Gasteiger partial charge on any atom is 0.173 e. The molecule has 2 aromatic carbocycles. The fourth-order valence-corrected chi connectivity index (χ4v) is 3.92. The van der Waals surface area contributed by atoms with E-state index in [1.54, 1.807) is 7.11 Å². The molecular weight excluding hydrogens is 364 g/mol. The van der Waals surface area contributed by atoms with Crippen LogP contribution in [0.1, 0.15) is 29.9 Å². The third-order valence-electron chi connectivity index (χ3n) is 5.63. The molecule has 0 spiro atoms. The number of tetrazole rings is 1. The Hall–Kier alpha value is -2.77. The Kier molecular flexibility index (Phi) is 6.17. The van der Waals surface area contributed by atoms with Crippen molar-refractivity contribution < 1.29 is 4.74 Å². The molecule has 152 valence electrons. The van der Waals surface area contributed by atoms with Crippen LogP contribution < -0.4 is 4.74 Å². The highest BCUT2D eigenvalue weighted by Crippen LogP contribution is 2.28. The molecule has 1 aromatic heterocycles. The number of likely N-dealkylation sites (N-methyl/N-ethyl adjacent to an activating group) is 1. The Morgan fingerprint density at radius 1 is 0.966 bits per heavy atom. The van der Waals surface area contributed by atoms with Gasteiger partial charge in [0.1, 0.15) is 5.75 Å². The second kappa shape index (κ2) is 9.15. The SMILES string of the molecule is CCN1CCN([C@@H](c2ccccc2)c2nnnn2Cc2ccc(OC)cc2)CC1. The van der Waals surface area contributed by atoms with Gasteiger partial charge in [-0.25, -0.2) is 4.68 Å². The van der Waals surface area contributed by atoms with E-state index in [2.05, 4.69) is 74.7 Å². The standard InChI is InChI=1S/C22H28N6O/c1-3-26-13-15-27(16-14-26)21(19-7-5-4-6-8-19)22-23-24-25-28(22)17-18-9-11-20(29-2)12-10-18/h4-12,21H,3,13-17H2,1-2H3/t21-/m0/s1. The molecule has 0 amide bonds. The van der Waals surface area contributed by atoms with Crippen LogP contribution in [0.25, 0.3) is 0 Å². The van der Waals surface area contributed by atoms with Crippen LogP contribution in [-0.2, 0) is 6.54 Å². The van der Waals surface area contributed by atoms with Crippen molar-refractivity contribution in [2.45, 2.75) is 19.5 Å². The van der Waals surface area contributed by atoms with E-state index in [9.17, 15) is 0 Å². The Labute approximate surface area is 171 Å². The van der Waals surface area contributed by atoms with Gasteiger partial charge in [0.15, 0.2) is 5.82 Å². The summed E-state index contributed by atoms with van der Waals surface area (Å²) in [7, 11) is 1.68. The summed E-state index contributed by atoms with van der Waals surface area (Å²) in [5.41, 5.74) is 2.37. The topological polar surface area (TPSA) is 59.3 Å². The van der Waals surface area contributed by atoms with E-state index in [0.717, 1.165) is 49.9 Å². The first-order valence-electron chi connectivity index (χ1n) is 10.2. The number of hydrogen-bond donors (Lipinski definition) is 0. The van der Waals surface area contributed by atoms with Crippen LogP contribution in [0.5, 0.6) is 5.75 Å². The molecule has 1 aliphatic rings. The molecule has 1 aliphatic heterocycles. The summed E-state index contributed by atoms with van der Waals surface area (Å²) in [6.07, 6.45) is 0. The van der Waals surface area contributed by atoms with Crippen molar-refractivity contribution in [1.29, 1.82) is 0 Å². The summed E-state index contributed by atoms with van der Waals surface area (Å²) in [6.45, 7) is 8.09. The molecule has 0 N–H and O–H groups in total. The summed E-state index contributed by atoms with van der Waals surface area (Å²) in [6, 6.07) is 18.7. The average Bonchev–Trinajstić information content (AvgIpc) is 3.23. The number of benzene rings is 2. The quantitative estimate of drug-likeness (QED) is 0.616. The van der Waals surface area contributed by atoms with Gasteiger partial charge in [0.2, 0.25) is 0 Å². The minimum atomic E-state index is 0.0449. The number of piperazine rings is 1. The molecule has 4 rings (SSSR count). The van der Waals surface area contributed by atoms with Crippen molar-refractivity contribution in [3.8, 4) is 5.75 Å². The molecule has 0 saturated carbocycles. The summed E-state index contributed by atoms with van der Waals surface area (Å²) in [5.74, 6) is 1.73. The fourth-order valence-electron chi connectivity index (χ4n) is 3.92. The van der Waals surface area contributed by atoms with Gasteiger partial charge >= 0.3 is 0 Å². The molecular formula is C22H28N6O. The molecule has 1 atom stereocenters. The maximum absolute atomic E-state index is 5.26. The summed E-state index contributed by atoms with van der Waals surface area (Å²) in [4.78, 5) is 4.98. The molecule has 7 nitrogen and oxygen atoms in total. The Balaban J connectivity index is 1.62. The molecule has 29 heavy (non-hydrogen) atoms. The summed E-state index contributed by atoms with van der Waals surface area (Å²) >= 11 is 0. The van der Waals surface area contributed by atoms with E-state index in [1.807, 2.05) is 16.8 Å². The van der Waals surface area contributed by atoms with Crippen molar-refractivity contribution in [2.24, 2.45) is 0 Å². The zero-order valence-electron chi connectivity index (χ0n) is 17.1.